The van der Waals surface area contributed by atoms with Gasteiger partial charge in [-0.2, -0.15) is 0 Å². The highest BCUT2D eigenvalue weighted by atomic mass is 16.5. The minimum Gasteiger partial charge on any atom is -0.361 e. The summed E-state index contributed by atoms with van der Waals surface area (Å²) in [4.78, 5) is 28.3. The number of aromatic nitrogens is 1. The summed E-state index contributed by atoms with van der Waals surface area (Å²) in [5, 5.41) is 6.70. The highest BCUT2D eigenvalue weighted by Gasteiger charge is 2.27. The maximum absolute atomic E-state index is 12.2. The zero-order valence-electron chi connectivity index (χ0n) is 14.1. The molecule has 2 aliphatic rings. The standard InChI is InChI=1S/C18H19N3O3/c1-9-10(2)18(23)20-16-7-13(5-6-14(9)16)19-17(22)8-15-11(3)21-24-12(15)4/h5-7,14H,8H2,1-4H3,(H,20,23). The topological polar surface area (TPSA) is 84.6 Å². The van der Waals surface area contributed by atoms with Crippen molar-refractivity contribution in [1.82, 2.24) is 10.5 Å². The van der Waals surface area contributed by atoms with E-state index in [4.69, 9.17) is 4.52 Å². The Morgan fingerprint density at radius 3 is 2.75 bits per heavy atom. The van der Waals surface area contributed by atoms with Crippen molar-refractivity contribution < 1.29 is 14.1 Å². The average Bonchev–Trinajstić information content (AvgIpc) is 2.84. The molecule has 6 nitrogen and oxygen atoms in total. The second-order valence-electron chi connectivity index (χ2n) is 6.11. The molecule has 24 heavy (non-hydrogen) atoms. The molecule has 1 aliphatic heterocycles. The number of nitrogens with zero attached hydrogens (tertiary/aromatic N) is 2. The second-order valence-corrected chi connectivity index (χ2v) is 6.11. The minimum absolute atomic E-state index is 0.0410. The molecule has 1 aromatic heterocycles. The molecule has 3 rings (SSSR count). The first-order valence-electron chi connectivity index (χ1n) is 7.78. The van der Waals surface area contributed by atoms with E-state index >= 15 is 0 Å². The van der Waals surface area contributed by atoms with Crippen LogP contribution in [0.5, 0.6) is 0 Å². The van der Waals surface area contributed by atoms with Crippen LogP contribution in [-0.4, -0.2) is 22.7 Å². The van der Waals surface area contributed by atoms with Crippen LogP contribution in [-0.2, 0) is 16.0 Å². The van der Waals surface area contributed by atoms with Gasteiger partial charge in [0.15, 0.2) is 0 Å². The summed E-state index contributed by atoms with van der Waals surface area (Å²) in [6.45, 7) is 7.33. The first-order chi connectivity index (χ1) is 11.4. The first-order valence-corrected chi connectivity index (χ1v) is 7.78. The van der Waals surface area contributed by atoms with Crippen LogP contribution in [0.4, 0.5) is 0 Å². The third-order valence-corrected chi connectivity index (χ3v) is 4.52. The summed E-state index contributed by atoms with van der Waals surface area (Å²) in [7, 11) is 0. The van der Waals surface area contributed by atoms with Crippen LogP contribution in [0, 0.1) is 19.8 Å². The van der Waals surface area contributed by atoms with Crippen molar-refractivity contribution >= 4 is 17.5 Å². The SMILES string of the molecule is CC1=C(C)C2C=CC(=NC(=O)Cc3c(C)noc3C)C=C2NC1=O. The number of hydrogen-bond acceptors (Lipinski definition) is 4. The number of aryl methyl sites for hydroxylation is 2. The predicted molar refractivity (Wildman–Crippen MR) is 89.4 cm³/mol. The Kier molecular flexibility index (Phi) is 4.05. The van der Waals surface area contributed by atoms with Crippen molar-refractivity contribution in [2.45, 2.75) is 34.1 Å². The molecule has 2 heterocycles. The van der Waals surface area contributed by atoms with Gasteiger partial charge in [-0.05, 0) is 39.8 Å². The van der Waals surface area contributed by atoms with Gasteiger partial charge in [0, 0.05) is 22.8 Å². The van der Waals surface area contributed by atoms with E-state index in [9.17, 15) is 9.59 Å². The molecule has 0 saturated carbocycles. The van der Waals surface area contributed by atoms with Crippen LogP contribution in [0.3, 0.4) is 0 Å². The molecule has 6 heteroatoms. The molecule has 0 saturated heterocycles. The maximum atomic E-state index is 12.2. The average molecular weight is 325 g/mol. The first kappa shape index (κ1) is 16.1. The summed E-state index contributed by atoms with van der Waals surface area (Å²) < 4.78 is 5.06. The summed E-state index contributed by atoms with van der Waals surface area (Å²) in [6, 6.07) is 0. The second kappa shape index (κ2) is 6.03. The molecule has 0 spiro atoms. The number of aliphatic imine (C=N–C) groups is 1. The van der Waals surface area contributed by atoms with E-state index in [1.165, 1.54) is 0 Å². The number of rotatable bonds is 2. The van der Waals surface area contributed by atoms with E-state index in [0.29, 0.717) is 17.2 Å². The summed E-state index contributed by atoms with van der Waals surface area (Å²) in [6.07, 6.45) is 5.67. The molecule has 1 atom stereocenters. The van der Waals surface area contributed by atoms with E-state index in [-0.39, 0.29) is 24.2 Å². The minimum atomic E-state index is -0.273. The lowest BCUT2D eigenvalue weighted by Gasteiger charge is -2.28. The number of amides is 2. The summed E-state index contributed by atoms with van der Waals surface area (Å²) in [5.41, 5.74) is 4.52. The van der Waals surface area contributed by atoms with Gasteiger partial charge in [-0.1, -0.05) is 16.8 Å². The highest BCUT2D eigenvalue weighted by Crippen LogP contribution is 2.29. The Bertz CT molecular complexity index is 833. The fourth-order valence-corrected chi connectivity index (χ4v) is 2.88. The van der Waals surface area contributed by atoms with Crippen molar-refractivity contribution in [1.29, 1.82) is 0 Å². The van der Waals surface area contributed by atoms with E-state index in [2.05, 4.69) is 15.5 Å². The Balaban J connectivity index is 1.81. The number of carbonyl (C=O) groups is 2. The lowest BCUT2D eigenvalue weighted by Crippen LogP contribution is -2.35. The summed E-state index contributed by atoms with van der Waals surface area (Å²) in [5.74, 6) is 0.297. The number of nitrogens with one attached hydrogen (secondary N) is 1. The highest BCUT2D eigenvalue weighted by molar-refractivity contribution is 6.11. The van der Waals surface area contributed by atoms with Crippen LogP contribution in [0.2, 0.25) is 0 Å². The van der Waals surface area contributed by atoms with Crippen LogP contribution in [0.25, 0.3) is 0 Å². The van der Waals surface area contributed by atoms with Gasteiger partial charge in [0.25, 0.3) is 11.8 Å². The fourth-order valence-electron chi connectivity index (χ4n) is 2.88. The number of allylic oxidation sites excluding steroid dienone is 3. The maximum Gasteiger partial charge on any atom is 0.251 e. The van der Waals surface area contributed by atoms with Gasteiger partial charge in [0.1, 0.15) is 5.76 Å². The number of carbonyl (C=O) groups excluding carboxylic acids is 2. The quantitative estimate of drug-likeness (QED) is 0.904. The fraction of sp³-hybridized carbons (Fsp3) is 0.333. The van der Waals surface area contributed by atoms with Crippen molar-refractivity contribution in [3.8, 4) is 0 Å². The van der Waals surface area contributed by atoms with Crippen molar-refractivity contribution in [2.24, 2.45) is 10.9 Å². The Hall–Kier alpha value is -2.76. The third kappa shape index (κ3) is 2.87. The van der Waals surface area contributed by atoms with Crippen molar-refractivity contribution in [3.05, 3.63) is 52.1 Å². The van der Waals surface area contributed by atoms with E-state index in [0.717, 1.165) is 22.4 Å². The van der Waals surface area contributed by atoms with E-state index in [1.807, 2.05) is 26.0 Å². The van der Waals surface area contributed by atoms with E-state index in [1.54, 1.807) is 19.9 Å². The van der Waals surface area contributed by atoms with Gasteiger partial charge in [-0.25, -0.2) is 4.99 Å². The van der Waals surface area contributed by atoms with Gasteiger partial charge in [0.2, 0.25) is 0 Å². The molecule has 124 valence electrons. The van der Waals surface area contributed by atoms with Gasteiger partial charge in [-0.3, -0.25) is 9.59 Å². The monoisotopic (exact) mass is 325 g/mol. The van der Waals surface area contributed by atoms with Crippen LogP contribution >= 0.6 is 0 Å². The predicted octanol–water partition coefficient (Wildman–Crippen LogP) is 2.34. The van der Waals surface area contributed by atoms with Gasteiger partial charge >= 0.3 is 0 Å². The Labute approximate surface area is 140 Å². The molecule has 0 fully saturated rings. The molecule has 1 unspecified atom stereocenters. The molecular weight excluding hydrogens is 306 g/mol. The number of hydrogen-bond donors (Lipinski definition) is 1. The lowest BCUT2D eigenvalue weighted by atomic mass is 9.85. The van der Waals surface area contributed by atoms with E-state index < -0.39 is 0 Å². The third-order valence-electron chi connectivity index (χ3n) is 4.52. The molecule has 0 bridgehead atoms. The molecule has 1 aliphatic carbocycles. The normalized spacial score (nSPS) is 21.7. The van der Waals surface area contributed by atoms with Crippen LogP contribution in [0.15, 0.2) is 44.6 Å². The van der Waals surface area contributed by atoms with Crippen molar-refractivity contribution in [2.75, 3.05) is 0 Å². The summed E-state index contributed by atoms with van der Waals surface area (Å²) >= 11 is 0. The van der Waals surface area contributed by atoms with Gasteiger partial charge in [0.05, 0.1) is 17.8 Å². The smallest absolute Gasteiger partial charge is 0.251 e. The van der Waals surface area contributed by atoms with Gasteiger partial charge in [-0.15, -0.1) is 0 Å². The van der Waals surface area contributed by atoms with Crippen LogP contribution in [0.1, 0.15) is 30.9 Å². The molecular formula is C18H19N3O3. The van der Waals surface area contributed by atoms with Gasteiger partial charge < -0.3 is 9.84 Å². The Morgan fingerprint density at radius 2 is 2.08 bits per heavy atom. The zero-order chi connectivity index (χ0) is 17.4. The Morgan fingerprint density at radius 1 is 1.33 bits per heavy atom. The molecule has 1 aromatic rings. The molecule has 2 amide bonds. The number of fused-ring (bicyclic) bond motifs is 1. The van der Waals surface area contributed by atoms with Crippen molar-refractivity contribution in [3.63, 3.8) is 0 Å². The molecule has 0 radical (unpaired) electrons. The zero-order valence-corrected chi connectivity index (χ0v) is 14.1. The lowest BCUT2D eigenvalue weighted by molar-refractivity contribution is -0.118. The molecule has 1 N–H and O–H groups in total. The van der Waals surface area contributed by atoms with Crippen LogP contribution < -0.4 is 5.32 Å². The largest absolute Gasteiger partial charge is 0.361 e. The molecule has 0 aromatic carbocycles.